The lowest BCUT2D eigenvalue weighted by Gasteiger charge is -2.26. The first-order valence-electron chi connectivity index (χ1n) is 11.5. The normalized spacial score (nSPS) is 14.5. The maximum atomic E-state index is 13.0. The lowest BCUT2D eigenvalue weighted by Crippen LogP contribution is -2.57. The van der Waals surface area contributed by atoms with Crippen molar-refractivity contribution in [3.63, 3.8) is 0 Å². The van der Waals surface area contributed by atoms with Crippen LogP contribution in [0.3, 0.4) is 0 Å². The van der Waals surface area contributed by atoms with Crippen LogP contribution in [0, 0.1) is 11.8 Å². The highest BCUT2D eigenvalue weighted by Crippen LogP contribution is 2.10. The Kier molecular flexibility index (Phi) is 14.2. The maximum Gasteiger partial charge on any atom is 0.326 e. The lowest BCUT2D eigenvalue weighted by atomic mass is 10.0. The van der Waals surface area contributed by atoms with Gasteiger partial charge >= 0.3 is 17.9 Å². The van der Waals surface area contributed by atoms with Gasteiger partial charge in [0, 0.05) is 12.8 Å². The zero-order valence-electron chi connectivity index (χ0n) is 20.6. The van der Waals surface area contributed by atoms with E-state index in [4.69, 9.17) is 15.9 Å². The quantitative estimate of drug-likeness (QED) is 0.137. The third-order valence-electron chi connectivity index (χ3n) is 4.95. The zero-order chi connectivity index (χ0) is 27.3. The second-order valence-electron chi connectivity index (χ2n) is 9.25. The molecule has 13 nitrogen and oxygen atoms in total. The summed E-state index contributed by atoms with van der Waals surface area (Å²) < 4.78 is 0. The van der Waals surface area contributed by atoms with Crippen LogP contribution in [0.1, 0.15) is 66.2 Å². The van der Waals surface area contributed by atoms with Crippen LogP contribution in [0.2, 0.25) is 0 Å². The van der Waals surface area contributed by atoms with Crippen LogP contribution < -0.4 is 21.7 Å². The van der Waals surface area contributed by atoms with Crippen LogP contribution >= 0.6 is 0 Å². The molecule has 0 aromatic rings. The van der Waals surface area contributed by atoms with Crippen molar-refractivity contribution >= 4 is 35.6 Å². The van der Waals surface area contributed by atoms with E-state index in [9.17, 15) is 33.9 Å². The molecular weight excluding hydrogens is 464 g/mol. The number of carbonyl (C=O) groups is 6. The first-order chi connectivity index (χ1) is 16.1. The molecule has 0 radical (unpaired) electrons. The van der Waals surface area contributed by atoms with Crippen LogP contribution in [-0.4, -0.2) is 75.1 Å². The minimum absolute atomic E-state index is 0.0561. The van der Waals surface area contributed by atoms with Crippen LogP contribution in [-0.2, 0) is 28.8 Å². The number of carboxylic acid groups (broad SMARTS) is 3. The Morgan fingerprint density at radius 3 is 1.49 bits per heavy atom. The molecule has 0 aromatic carbocycles. The van der Waals surface area contributed by atoms with Crippen molar-refractivity contribution in [2.24, 2.45) is 17.6 Å². The van der Waals surface area contributed by atoms with Gasteiger partial charge in [-0.15, -0.1) is 0 Å². The number of carbonyl (C=O) groups excluding carboxylic acids is 3. The minimum Gasteiger partial charge on any atom is -0.481 e. The molecule has 0 saturated carbocycles. The van der Waals surface area contributed by atoms with E-state index in [1.807, 2.05) is 0 Å². The van der Waals surface area contributed by atoms with Gasteiger partial charge in [-0.2, -0.15) is 0 Å². The number of aliphatic carboxylic acids is 3. The van der Waals surface area contributed by atoms with Crippen LogP contribution in [0.25, 0.3) is 0 Å². The molecule has 0 aliphatic carbocycles. The van der Waals surface area contributed by atoms with Crippen molar-refractivity contribution in [2.45, 2.75) is 90.4 Å². The molecule has 0 spiro atoms. The molecule has 13 heteroatoms. The lowest BCUT2D eigenvalue weighted by molar-refractivity contribution is -0.143. The summed E-state index contributed by atoms with van der Waals surface area (Å²) in [6.07, 6.45) is -0.979. The summed E-state index contributed by atoms with van der Waals surface area (Å²) in [5.74, 6) is -6.13. The molecule has 4 atom stereocenters. The van der Waals surface area contributed by atoms with Crippen molar-refractivity contribution in [3.8, 4) is 0 Å². The Labute approximate surface area is 204 Å². The van der Waals surface area contributed by atoms with Crippen molar-refractivity contribution < 1.29 is 44.1 Å². The fraction of sp³-hybridized carbons (Fsp3) is 0.727. The number of amides is 3. The first-order valence-corrected chi connectivity index (χ1v) is 11.5. The second-order valence-corrected chi connectivity index (χ2v) is 9.25. The standard InChI is InChI=1S/C22H38N4O9/c1-11(2)9-15(25-19(31)13(23)5-7-17(27)28)21(33)24-14(6-8-18(29)30)20(32)26-16(22(34)35)10-12(3)4/h11-16H,5-10,23H2,1-4H3,(H,24,33)(H,25,31)(H,26,32)(H,27,28)(H,29,30)(H,34,35)/t13-,14-,15-,16-/m0/s1. The Morgan fingerprint density at radius 1 is 0.629 bits per heavy atom. The summed E-state index contributed by atoms with van der Waals surface area (Å²) >= 11 is 0. The van der Waals surface area contributed by atoms with E-state index in [-0.39, 0.29) is 43.9 Å². The summed E-state index contributed by atoms with van der Waals surface area (Å²) in [6.45, 7) is 7.11. The van der Waals surface area contributed by atoms with E-state index in [2.05, 4.69) is 16.0 Å². The predicted molar refractivity (Wildman–Crippen MR) is 124 cm³/mol. The van der Waals surface area contributed by atoms with Crippen molar-refractivity contribution in [1.29, 1.82) is 0 Å². The molecule has 8 N–H and O–H groups in total. The van der Waals surface area contributed by atoms with E-state index in [0.717, 1.165) is 0 Å². The fourth-order valence-corrected chi connectivity index (χ4v) is 3.17. The van der Waals surface area contributed by atoms with Crippen LogP contribution in [0.15, 0.2) is 0 Å². The average Bonchev–Trinajstić information content (AvgIpc) is 2.72. The maximum absolute atomic E-state index is 13.0. The molecule has 0 heterocycles. The Morgan fingerprint density at radius 2 is 1.03 bits per heavy atom. The highest BCUT2D eigenvalue weighted by molar-refractivity contribution is 5.94. The molecule has 0 bridgehead atoms. The molecule has 0 aliphatic rings. The Bertz CT molecular complexity index is 770. The third kappa shape index (κ3) is 13.9. The molecule has 35 heavy (non-hydrogen) atoms. The first kappa shape index (κ1) is 31.8. The number of hydrogen-bond acceptors (Lipinski definition) is 7. The van der Waals surface area contributed by atoms with Gasteiger partial charge in [-0.25, -0.2) is 4.79 Å². The van der Waals surface area contributed by atoms with Gasteiger partial charge in [0.1, 0.15) is 18.1 Å². The Hall–Kier alpha value is -3.22. The summed E-state index contributed by atoms with van der Waals surface area (Å²) in [7, 11) is 0. The van der Waals surface area contributed by atoms with Gasteiger partial charge in [-0.05, 0) is 37.5 Å². The smallest absolute Gasteiger partial charge is 0.326 e. The monoisotopic (exact) mass is 502 g/mol. The number of nitrogens with two attached hydrogens (primary N) is 1. The molecule has 0 unspecified atom stereocenters. The SMILES string of the molecule is CC(C)C[C@H](NC(=O)[C@H](CCC(=O)O)NC(=O)[C@H](CC(C)C)NC(=O)[C@@H](N)CCC(=O)O)C(=O)O. The van der Waals surface area contributed by atoms with Gasteiger partial charge in [-0.1, -0.05) is 27.7 Å². The molecule has 0 saturated heterocycles. The number of carboxylic acids is 3. The summed E-state index contributed by atoms with van der Waals surface area (Å²) in [5.41, 5.74) is 5.71. The van der Waals surface area contributed by atoms with Gasteiger partial charge in [0.05, 0.1) is 6.04 Å². The van der Waals surface area contributed by atoms with Gasteiger partial charge in [0.2, 0.25) is 17.7 Å². The number of nitrogens with one attached hydrogen (secondary N) is 3. The molecule has 0 aromatic heterocycles. The summed E-state index contributed by atoms with van der Waals surface area (Å²) in [5, 5.41) is 34.3. The molecule has 0 fully saturated rings. The largest absolute Gasteiger partial charge is 0.481 e. The van der Waals surface area contributed by atoms with Gasteiger partial charge < -0.3 is 37.0 Å². The van der Waals surface area contributed by atoms with E-state index < -0.39 is 66.2 Å². The highest BCUT2D eigenvalue weighted by atomic mass is 16.4. The summed E-state index contributed by atoms with van der Waals surface area (Å²) in [4.78, 5) is 71.4. The van der Waals surface area contributed by atoms with Gasteiger partial charge in [-0.3, -0.25) is 24.0 Å². The zero-order valence-corrected chi connectivity index (χ0v) is 20.6. The molecule has 200 valence electrons. The van der Waals surface area contributed by atoms with Crippen molar-refractivity contribution in [2.75, 3.05) is 0 Å². The molecule has 3 amide bonds. The van der Waals surface area contributed by atoms with E-state index in [1.54, 1.807) is 27.7 Å². The molecule has 0 aliphatic heterocycles. The van der Waals surface area contributed by atoms with Crippen LogP contribution in [0.5, 0.6) is 0 Å². The highest BCUT2D eigenvalue weighted by Gasteiger charge is 2.31. The van der Waals surface area contributed by atoms with Crippen molar-refractivity contribution in [1.82, 2.24) is 16.0 Å². The average molecular weight is 503 g/mol. The van der Waals surface area contributed by atoms with E-state index >= 15 is 0 Å². The topological polar surface area (TPSA) is 225 Å². The number of rotatable bonds is 17. The van der Waals surface area contributed by atoms with Gasteiger partial charge in [0.25, 0.3) is 0 Å². The molecular formula is C22H38N4O9. The summed E-state index contributed by atoms with van der Waals surface area (Å²) in [6, 6.07) is -4.90. The molecule has 0 rings (SSSR count). The number of hydrogen-bond donors (Lipinski definition) is 7. The fourth-order valence-electron chi connectivity index (χ4n) is 3.17. The van der Waals surface area contributed by atoms with Gasteiger partial charge in [0.15, 0.2) is 0 Å². The Balaban J connectivity index is 5.56. The van der Waals surface area contributed by atoms with E-state index in [1.165, 1.54) is 0 Å². The van der Waals surface area contributed by atoms with E-state index in [0.29, 0.717) is 0 Å². The second kappa shape index (κ2) is 15.6. The predicted octanol–water partition coefficient (Wildman–Crippen LogP) is -0.325. The third-order valence-corrected chi connectivity index (χ3v) is 4.95. The minimum atomic E-state index is -1.36. The van der Waals surface area contributed by atoms with Crippen molar-refractivity contribution in [3.05, 3.63) is 0 Å². The van der Waals surface area contributed by atoms with Crippen LogP contribution in [0.4, 0.5) is 0 Å².